The van der Waals surface area contributed by atoms with Crippen LogP contribution in [-0.4, -0.2) is 70.0 Å². The molecule has 1 aliphatic heterocycles. The van der Waals surface area contributed by atoms with Gasteiger partial charge >= 0.3 is 0 Å². The van der Waals surface area contributed by atoms with Gasteiger partial charge in [0.2, 0.25) is 11.8 Å². The SMILES string of the molecule is CNCC(O)n1nnc2c1-c1ccccc1N(C(=O)CCC(=O)NCCC(C)(C)OCCC(C)(C)C(=O)C(C)C)Cc1ccccc1-2. The molecule has 2 amide bonds. The molecule has 1 aromatic heterocycles. The minimum atomic E-state index is -0.972. The minimum absolute atomic E-state index is 0.0216. The molecule has 47 heavy (non-hydrogen) atoms. The van der Waals surface area contributed by atoms with E-state index in [0.717, 1.165) is 11.1 Å². The number of aliphatic hydroxyl groups excluding tert-OH is 1. The zero-order valence-electron chi connectivity index (χ0n) is 28.8. The van der Waals surface area contributed by atoms with Crippen molar-refractivity contribution in [2.45, 2.75) is 85.6 Å². The van der Waals surface area contributed by atoms with Crippen LogP contribution in [0.3, 0.4) is 0 Å². The quantitative estimate of drug-likeness (QED) is 0.212. The van der Waals surface area contributed by atoms with Crippen LogP contribution in [0.4, 0.5) is 5.69 Å². The molecule has 3 N–H and O–H groups in total. The standard InChI is InChI=1S/C36H50N6O5/c1-24(2)34(46)35(3,4)19-21-47-36(5,6)18-20-38-29(43)16-17-30(44)41-23-25-12-8-9-13-26(25)32-33(27-14-10-11-15-28(27)41)42(40-39-32)31(45)22-37-7/h8-15,24,31,37,45H,16-23H2,1-7H3,(H,38,43). The van der Waals surface area contributed by atoms with Crippen molar-refractivity contribution in [3.8, 4) is 22.5 Å². The summed E-state index contributed by atoms with van der Waals surface area (Å²) in [7, 11) is 1.75. The molecule has 2 heterocycles. The maximum absolute atomic E-state index is 13.8. The minimum Gasteiger partial charge on any atom is -0.375 e. The molecule has 1 aliphatic rings. The van der Waals surface area contributed by atoms with Crippen molar-refractivity contribution in [3.63, 3.8) is 0 Å². The first kappa shape index (κ1) is 35.9. The third-order valence-corrected chi connectivity index (χ3v) is 8.74. The van der Waals surface area contributed by atoms with E-state index in [1.54, 1.807) is 11.9 Å². The number of likely N-dealkylation sites (N-methyl/N-ethyl adjacent to an activating group) is 1. The van der Waals surface area contributed by atoms with Crippen molar-refractivity contribution in [2.75, 3.05) is 31.6 Å². The van der Waals surface area contributed by atoms with Gasteiger partial charge in [-0.1, -0.05) is 75.4 Å². The number of para-hydroxylation sites is 1. The first-order chi connectivity index (χ1) is 22.3. The summed E-state index contributed by atoms with van der Waals surface area (Å²) in [5.41, 5.74) is 3.41. The maximum Gasteiger partial charge on any atom is 0.227 e. The van der Waals surface area contributed by atoms with Crippen LogP contribution in [-0.2, 0) is 25.7 Å². The third-order valence-electron chi connectivity index (χ3n) is 8.74. The van der Waals surface area contributed by atoms with Crippen LogP contribution >= 0.6 is 0 Å². The molecule has 0 aliphatic carbocycles. The number of nitrogens with one attached hydrogen (secondary N) is 2. The first-order valence-corrected chi connectivity index (χ1v) is 16.5. The number of hydrogen-bond acceptors (Lipinski definition) is 8. The van der Waals surface area contributed by atoms with Crippen molar-refractivity contribution in [2.24, 2.45) is 11.3 Å². The summed E-state index contributed by atoms with van der Waals surface area (Å²) in [4.78, 5) is 40.9. The lowest BCUT2D eigenvalue weighted by atomic mass is 9.80. The van der Waals surface area contributed by atoms with Gasteiger partial charge in [-0.15, -0.1) is 5.10 Å². The number of anilines is 1. The van der Waals surface area contributed by atoms with E-state index in [1.807, 2.05) is 90.1 Å². The van der Waals surface area contributed by atoms with Gasteiger partial charge in [-0.2, -0.15) is 0 Å². The Hall–Kier alpha value is -3.93. The second-order valence-corrected chi connectivity index (χ2v) is 13.8. The predicted octanol–water partition coefficient (Wildman–Crippen LogP) is 4.89. The van der Waals surface area contributed by atoms with Gasteiger partial charge in [-0.05, 0) is 45.4 Å². The zero-order chi connectivity index (χ0) is 34.4. The van der Waals surface area contributed by atoms with Crippen molar-refractivity contribution >= 4 is 23.3 Å². The Bertz CT molecular complexity index is 1560. The van der Waals surface area contributed by atoms with E-state index >= 15 is 0 Å². The number of carbonyl (C=O) groups excluding carboxylic acids is 3. The number of amides is 2. The summed E-state index contributed by atoms with van der Waals surface area (Å²) < 4.78 is 7.59. The van der Waals surface area contributed by atoms with Gasteiger partial charge in [-0.25, -0.2) is 4.68 Å². The fraction of sp³-hybridized carbons (Fsp3) is 0.528. The number of rotatable bonds is 15. The van der Waals surface area contributed by atoms with Crippen molar-refractivity contribution < 1.29 is 24.2 Å². The number of aliphatic hydroxyl groups is 1. The number of hydrogen-bond donors (Lipinski definition) is 3. The normalized spacial score (nSPS) is 13.7. The van der Waals surface area contributed by atoms with E-state index < -0.39 is 17.2 Å². The Kier molecular flexibility index (Phi) is 11.7. The highest BCUT2D eigenvalue weighted by Gasteiger charge is 2.32. The van der Waals surface area contributed by atoms with Crippen LogP contribution < -0.4 is 15.5 Å². The van der Waals surface area contributed by atoms with Crippen LogP contribution in [0.2, 0.25) is 0 Å². The van der Waals surface area contributed by atoms with Gasteiger partial charge < -0.3 is 25.4 Å². The molecule has 2 aromatic carbocycles. The number of ether oxygens (including phenoxy) is 1. The molecule has 1 unspecified atom stereocenters. The van der Waals surface area contributed by atoms with Crippen LogP contribution in [0.5, 0.6) is 0 Å². The highest BCUT2D eigenvalue weighted by atomic mass is 16.5. The molecular formula is C36H50N6O5. The molecule has 1 atom stereocenters. The smallest absolute Gasteiger partial charge is 0.227 e. The van der Waals surface area contributed by atoms with E-state index in [-0.39, 0.29) is 42.9 Å². The van der Waals surface area contributed by atoms with Gasteiger partial charge in [0.25, 0.3) is 0 Å². The molecule has 0 bridgehead atoms. The first-order valence-electron chi connectivity index (χ1n) is 16.5. The second kappa shape index (κ2) is 15.3. The topological polar surface area (TPSA) is 139 Å². The molecule has 0 saturated carbocycles. The molecule has 0 fully saturated rings. The summed E-state index contributed by atoms with van der Waals surface area (Å²) >= 11 is 0. The number of carbonyl (C=O) groups is 3. The lowest BCUT2D eigenvalue weighted by Crippen LogP contribution is -2.36. The molecule has 0 saturated heterocycles. The van der Waals surface area contributed by atoms with Gasteiger partial charge in [-0.3, -0.25) is 14.4 Å². The largest absolute Gasteiger partial charge is 0.375 e. The van der Waals surface area contributed by atoms with E-state index in [4.69, 9.17) is 4.74 Å². The van der Waals surface area contributed by atoms with Crippen LogP contribution in [0.1, 0.15) is 79.0 Å². The monoisotopic (exact) mass is 646 g/mol. The summed E-state index contributed by atoms with van der Waals surface area (Å²) in [5.74, 6) is -0.200. The lowest BCUT2D eigenvalue weighted by Gasteiger charge is -2.30. The van der Waals surface area contributed by atoms with Gasteiger partial charge in [0.1, 0.15) is 17.2 Å². The molecule has 11 nitrogen and oxygen atoms in total. The average molecular weight is 647 g/mol. The van der Waals surface area contributed by atoms with Crippen molar-refractivity contribution in [1.82, 2.24) is 25.6 Å². The fourth-order valence-corrected chi connectivity index (χ4v) is 5.99. The number of aromatic nitrogens is 3. The zero-order valence-corrected chi connectivity index (χ0v) is 28.8. The predicted molar refractivity (Wildman–Crippen MR) is 182 cm³/mol. The number of benzene rings is 2. The van der Waals surface area contributed by atoms with E-state index in [1.165, 1.54) is 4.68 Å². The molecule has 0 spiro atoms. The van der Waals surface area contributed by atoms with Crippen molar-refractivity contribution in [3.05, 3.63) is 54.1 Å². The molecule has 0 radical (unpaired) electrons. The maximum atomic E-state index is 13.8. The van der Waals surface area contributed by atoms with Crippen molar-refractivity contribution in [1.29, 1.82) is 0 Å². The molecular weight excluding hydrogens is 596 g/mol. The lowest BCUT2D eigenvalue weighted by molar-refractivity contribution is -0.132. The number of Topliss-reactive ketones (excluding diaryl/α,β-unsaturated/α-hetero) is 1. The molecule has 4 rings (SSSR count). The van der Waals surface area contributed by atoms with E-state index in [0.29, 0.717) is 55.2 Å². The van der Waals surface area contributed by atoms with Gasteiger partial charge in [0, 0.05) is 55.0 Å². The number of nitrogens with zero attached hydrogens (tertiary/aromatic N) is 4. The Morgan fingerprint density at radius 3 is 2.36 bits per heavy atom. The number of fused-ring (bicyclic) bond motifs is 5. The summed E-state index contributed by atoms with van der Waals surface area (Å²) in [6.45, 7) is 13.1. The van der Waals surface area contributed by atoms with Gasteiger partial charge in [0.15, 0.2) is 6.23 Å². The van der Waals surface area contributed by atoms with Crippen LogP contribution in [0.25, 0.3) is 22.5 Å². The Morgan fingerprint density at radius 2 is 1.66 bits per heavy atom. The van der Waals surface area contributed by atoms with Crippen LogP contribution in [0, 0.1) is 11.3 Å². The summed E-state index contributed by atoms with van der Waals surface area (Å²) in [6.07, 6.45) is 0.305. The van der Waals surface area contributed by atoms with Gasteiger partial charge in [0.05, 0.1) is 17.8 Å². The summed E-state index contributed by atoms with van der Waals surface area (Å²) in [6, 6.07) is 15.2. The Morgan fingerprint density at radius 1 is 0.979 bits per heavy atom. The Labute approximate surface area is 278 Å². The third kappa shape index (κ3) is 8.71. The molecule has 254 valence electrons. The summed E-state index contributed by atoms with van der Waals surface area (Å²) in [5, 5.41) is 25.6. The fourth-order valence-electron chi connectivity index (χ4n) is 5.99. The van der Waals surface area contributed by atoms with Crippen LogP contribution in [0.15, 0.2) is 48.5 Å². The molecule has 11 heteroatoms. The molecule has 3 aromatic rings. The average Bonchev–Trinajstić information content (AvgIpc) is 3.46. The number of ketones is 1. The van der Waals surface area contributed by atoms with E-state index in [2.05, 4.69) is 20.9 Å². The van der Waals surface area contributed by atoms with E-state index in [9.17, 15) is 19.5 Å². The Balaban J connectivity index is 1.41. The second-order valence-electron chi connectivity index (χ2n) is 13.8. The highest BCUT2D eigenvalue weighted by molar-refractivity contribution is 6.01. The highest BCUT2D eigenvalue weighted by Crippen LogP contribution is 2.42.